The molecule has 0 spiro atoms. The van der Waals surface area contributed by atoms with E-state index in [1.807, 2.05) is 0 Å². The third kappa shape index (κ3) is 3.01. The minimum atomic E-state index is -1.20. The molecule has 1 saturated heterocycles. The molecule has 0 amide bonds. The Bertz CT molecular complexity index is 684. The van der Waals surface area contributed by atoms with Crippen molar-refractivity contribution in [3.63, 3.8) is 0 Å². The first-order chi connectivity index (χ1) is 10.1. The second kappa shape index (κ2) is 6.07. The third-order valence-electron chi connectivity index (χ3n) is 3.25. The number of aliphatic hydroxyl groups is 1. The quantitative estimate of drug-likeness (QED) is 0.550. The highest BCUT2D eigenvalue weighted by Gasteiger charge is 2.37. The number of anilines is 1. The summed E-state index contributed by atoms with van der Waals surface area (Å²) in [5.74, 6) is 0.309. The van der Waals surface area contributed by atoms with E-state index in [0.717, 1.165) is 0 Å². The average Bonchev–Trinajstić information content (AvgIpc) is 3.01. The fraction of sp³-hybridized carbons (Fsp3) is 0.500. The molecular formula is C10H13N5O3PS2+. The lowest BCUT2D eigenvalue weighted by Crippen LogP contribution is -2.25. The second-order valence-corrected chi connectivity index (χ2v) is 8.18. The maximum Gasteiger partial charge on any atom is 0.411 e. The molecule has 1 unspecified atom stereocenters. The largest absolute Gasteiger partial charge is 0.411 e. The number of hydrogen-bond donors (Lipinski definition) is 3. The molecule has 2 aromatic heterocycles. The fourth-order valence-electron chi connectivity index (χ4n) is 2.25. The lowest BCUT2D eigenvalue weighted by atomic mass is 10.2. The van der Waals surface area contributed by atoms with E-state index in [4.69, 9.17) is 26.8 Å². The van der Waals surface area contributed by atoms with E-state index in [2.05, 4.69) is 27.2 Å². The van der Waals surface area contributed by atoms with E-state index in [9.17, 15) is 5.11 Å². The lowest BCUT2D eigenvalue weighted by Gasteiger charge is -2.13. The van der Waals surface area contributed by atoms with Gasteiger partial charge in [-0.15, -0.1) is 0 Å². The van der Waals surface area contributed by atoms with Gasteiger partial charge in [-0.3, -0.25) is 4.57 Å². The third-order valence-corrected chi connectivity index (χ3v) is 4.28. The molecule has 8 nitrogen and oxygen atoms in total. The summed E-state index contributed by atoms with van der Waals surface area (Å²) in [6.45, 7) is 0.208. The Labute approximate surface area is 131 Å². The van der Waals surface area contributed by atoms with Crippen LogP contribution in [-0.2, 0) is 21.1 Å². The summed E-state index contributed by atoms with van der Waals surface area (Å²) >= 11 is 8.88. The van der Waals surface area contributed by atoms with Gasteiger partial charge in [-0.25, -0.2) is 15.0 Å². The second-order valence-electron chi connectivity index (χ2n) is 4.55. The summed E-state index contributed by atoms with van der Waals surface area (Å²) in [7, 11) is 0. The summed E-state index contributed by atoms with van der Waals surface area (Å²) in [6.07, 6.45) is 0.672. The molecular weight excluding hydrogens is 333 g/mol. The van der Waals surface area contributed by atoms with E-state index < -0.39 is 18.3 Å². The van der Waals surface area contributed by atoms with Gasteiger partial charge >= 0.3 is 6.13 Å². The molecule has 3 rings (SSSR count). The monoisotopic (exact) mass is 346 g/mol. The van der Waals surface area contributed by atoms with Crippen molar-refractivity contribution < 1.29 is 14.4 Å². The van der Waals surface area contributed by atoms with E-state index in [1.54, 1.807) is 10.9 Å². The van der Waals surface area contributed by atoms with Crippen LogP contribution < -0.4 is 5.73 Å². The molecule has 0 aliphatic carbocycles. The van der Waals surface area contributed by atoms with Crippen LogP contribution in [-0.4, -0.2) is 43.4 Å². The zero-order valence-electron chi connectivity index (χ0n) is 10.7. The first kappa shape index (κ1) is 15.0. The van der Waals surface area contributed by atoms with Crippen molar-refractivity contribution in [1.82, 2.24) is 19.5 Å². The van der Waals surface area contributed by atoms with Gasteiger partial charge < -0.3 is 15.6 Å². The van der Waals surface area contributed by atoms with Gasteiger partial charge in [0.1, 0.15) is 43.0 Å². The Morgan fingerprint density at radius 1 is 1.57 bits per heavy atom. The predicted octanol–water partition coefficient (Wildman–Crippen LogP) is 0.777. The van der Waals surface area contributed by atoms with E-state index >= 15 is 0 Å². The number of ether oxygens (including phenoxy) is 1. The van der Waals surface area contributed by atoms with Crippen molar-refractivity contribution in [2.45, 2.75) is 24.9 Å². The van der Waals surface area contributed by atoms with Crippen LogP contribution in [0.4, 0.5) is 5.82 Å². The molecule has 112 valence electrons. The van der Waals surface area contributed by atoms with Crippen molar-refractivity contribution in [1.29, 1.82) is 0 Å². The summed E-state index contributed by atoms with van der Waals surface area (Å²) in [4.78, 5) is 12.2. The summed E-state index contributed by atoms with van der Waals surface area (Å²) in [6, 6.07) is 0. The molecule has 4 atom stereocenters. The summed E-state index contributed by atoms with van der Waals surface area (Å²) < 4.78 is 12.8. The SMILES string of the molecule is Nc1ncnc2c1ncn2[C@H]1C[C@H](O)[C@@H](CO[P+](=S)S)O1. The van der Waals surface area contributed by atoms with Crippen molar-refractivity contribution in [2.24, 2.45) is 0 Å². The van der Waals surface area contributed by atoms with Gasteiger partial charge in [0.2, 0.25) is 11.8 Å². The smallest absolute Gasteiger partial charge is 0.390 e. The summed E-state index contributed by atoms with van der Waals surface area (Å²) in [5, 5.41) is 10.0. The van der Waals surface area contributed by atoms with Crippen molar-refractivity contribution >= 4 is 47.2 Å². The molecule has 3 heterocycles. The Kier molecular flexibility index (Phi) is 4.34. The Morgan fingerprint density at radius 3 is 3.14 bits per heavy atom. The molecule has 1 aliphatic heterocycles. The Morgan fingerprint density at radius 2 is 2.38 bits per heavy atom. The number of aliphatic hydroxyl groups excluding tert-OH is 1. The molecule has 3 N–H and O–H groups in total. The normalized spacial score (nSPS) is 26.4. The summed E-state index contributed by atoms with van der Waals surface area (Å²) in [5.41, 5.74) is 6.83. The van der Waals surface area contributed by atoms with Gasteiger partial charge in [0, 0.05) is 6.42 Å². The number of rotatable bonds is 4. The van der Waals surface area contributed by atoms with Gasteiger partial charge in [-0.2, -0.15) is 4.52 Å². The lowest BCUT2D eigenvalue weighted by molar-refractivity contribution is -0.0355. The molecule has 11 heteroatoms. The number of nitrogens with two attached hydrogens (primary N) is 1. The first-order valence-electron chi connectivity index (χ1n) is 6.12. The number of imidazole rings is 1. The Balaban J connectivity index is 1.81. The number of nitrogen functional groups attached to an aromatic ring is 1. The van der Waals surface area contributed by atoms with Crippen LogP contribution in [0.15, 0.2) is 12.7 Å². The highest BCUT2D eigenvalue weighted by atomic mass is 32.9. The molecule has 1 aliphatic rings. The molecule has 0 aromatic carbocycles. The molecule has 21 heavy (non-hydrogen) atoms. The van der Waals surface area contributed by atoms with E-state index in [-0.39, 0.29) is 12.8 Å². The van der Waals surface area contributed by atoms with Gasteiger partial charge in [-0.1, -0.05) is 0 Å². The van der Waals surface area contributed by atoms with Gasteiger partial charge in [-0.05, 0) is 0 Å². The van der Waals surface area contributed by atoms with Crippen LogP contribution in [0.2, 0.25) is 0 Å². The molecule has 2 aromatic rings. The van der Waals surface area contributed by atoms with Crippen LogP contribution in [0.1, 0.15) is 12.6 Å². The highest BCUT2D eigenvalue weighted by molar-refractivity contribution is 8.54. The van der Waals surface area contributed by atoms with Crippen molar-refractivity contribution in [3.05, 3.63) is 12.7 Å². The van der Waals surface area contributed by atoms with Crippen molar-refractivity contribution in [2.75, 3.05) is 12.3 Å². The fourth-order valence-corrected chi connectivity index (χ4v) is 2.91. The predicted molar refractivity (Wildman–Crippen MR) is 83.5 cm³/mol. The van der Waals surface area contributed by atoms with E-state index in [1.165, 1.54) is 6.33 Å². The minimum absolute atomic E-state index is 0.208. The average molecular weight is 346 g/mol. The topological polar surface area (TPSA) is 108 Å². The number of aromatic nitrogens is 4. The standard InChI is InChI=1S/C10H12N5O3PS2/c11-9-8-10(13-3-12-9)15(4-14-8)7-1-5(16)6(18-7)2-17-19(20)21/h3-7,16H,1-2H2,(H2-,11,12,13,20,21)/p+1/t5-,6+,7+/m0/s1. The molecule has 0 bridgehead atoms. The maximum atomic E-state index is 10.0. The number of fused-ring (bicyclic) bond motifs is 1. The van der Waals surface area contributed by atoms with Gasteiger partial charge in [0.05, 0.1) is 12.4 Å². The zero-order valence-corrected chi connectivity index (χ0v) is 13.3. The van der Waals surface area contributed by atoms with E-state index in [0.29, 0.717) is 23.4 Å². The highest BCUT2D eigenvalue weighted by Crippen LogP contribution is 2.34. The van der Waals surface area contributed by atoms with Crippen LogP contribution in [0.5, 0.6) is 0 Å². The zero-order chi connectivity index (χ0) is 15.0. The minimum Gasteiger partial charge on any atom is -0.390 e. The number of nitrogens with zero attached hydrogens (tertiary/aromatic N) is 4. The first-order valence-corrected chi connectivity index (χ1v) is 9.54. The van der Waals surface area contributed by atoms with Gasteiger partial charge in [0.25, 0.3) is 0 Å². The van der Waals surface area contributed by atoms with Gasteiger partial charge in [0.15, 0.2) is 11.5 Å². The Hall–Kier alpha value is -0.900. The van der Waals surface area contributed by atoms with Crippen LogP contribution in [0, 0.1) is 0 Å². The van der Waals surface area contributed by atoms with Crippen LogP contribution >= 0.6 is 18.4 Å². The van der Waals surface area contributed by atoms with Crippen LogP contribution in [0.25, 0.3) is 11.2 Å². The van der Waals surface area contributed by atoms with Crippen molar-refractivity contribution in [3.8, 4) is 0 Å². The maximum absolute atomic E-state index is 10.0. The molecule has 0 saturated carbocycles. The number of hydrogen-bond acceptors (Lipinski definition) is 8. The van der Waals surface area contributed by atoms with Crippen LogP contribution in [0.3, 0.4) is 0 Å². The molecule has 1 fully saturated rings. The molecule has 0 radical (unpaired) electrons. The number of thiol groups is 1.